The molecule has 4 heteroatoms. The van der Waals surface area contributed by atoms with Crippen molar-refractivity contribution < 1.29 is 4.74 Å². The van der Waals surface area contributed by atoms with Crippen LogP contribution in [0.25, 0.3) is 0 Å². The highest BCUT2D eigenvalue weighted by molar-refractivity contribution is 9.10. The molecule has 0 N–H and O–H groups in total. The van der Waals surface area contributed by atoms with Gasteiger partial charge in [-0.05, 0) is 38.1 Å². The molecule has 0 unspecified atom stereocenters. The van der Waals surface area contributed by atoms with Gasteiger partial charge in [0.1, 0.15) is 5.75 Å². The van der Waals surface area contributed by atoms with E-state index in [1.54, 1.807) is 6.20 Å². The van der Waals surface area contributed by atoms with Gasteiger partial charge in [-0.25, -0.2) is 4.98 Å². The molecular formula is C12H13BrN2O. The molecule has 0 bridgehead atoms. The molecular weight excluding hydrogens is 268 g/mol. The number of nitrogens with zero attached hydrogens (tertiary/aromatic N) is 2. The molecule has 1 aromatic carbocycles. The van der Waals surface area contributed by atoms with E-state index in [4.69, 9.17) is 4.74 Å². The summed E-state index contributed by atoms with van der Waals surface area (Å²) in [6.07, 6.45) is 3.66. The van der Waals surface area contributed by atoms with Crippen molar-refractivity contribution in [2.75, 3.05) is 0 Å². The van der Waals surface area contributed by atoms with Gasteiger partial charge in [-0.3, -0.25) is 4.57 Å². The van der Waals surface area contributed by atoms with Crippen LogP contribution in [0.1, 0.15) is 19.9 Å². The van der Waals surface area contributed by atoms with E-state index >= 15 is 0 Å². The van der Waals surface area contributed by atoms with E-state index in [1.165, 1.54) is 0 Å². The minimum absolute atomic E-state index is 0.341. The zero-order valence-electron chi connectivity index (χ0n) is 9.22. The van der Waals surface area contributed by atoms with Crippen LogP contribution in [0.4, 0.5) is 0 Å². The lowest BCUT2D eigenvalue weighted by atomic mass is 10.3. The number of hydrogen-bond donors (Lipinski definition) is 0. The average Bonchev–Trinajstić information content (AvgIpc) is 2.69. The number of hydrogen-bond acceptors (Lipinski definition) is 2. The fraction of sp³-hybridized carbons (Fsp3) is 0.250. The molecule has 0 fully saturated rings. The Morgan fingerprint density at radius 3 is 2.56 bits per heavy atom. The molecule has 0 saturated heterocycles. The summed E-state index contributed by atoms with van der Waals surface area (Å²) in [5, 5.41) is 0. The number of rotatable bonds is 3. The van der Waals surface area contributed by atoms with E-state index in [1.807, 2.05) is 35.0 Å². The van der Waals surface area contributed by atoms with Gasteiger partial charge in [0.05, 0.1) is 0 Å². The van der Waals surface area contributed by atoms with E-state index < -0.39 is 0 Å². The Balaban J connectivity index is 2.20. The average molecular weight is 281 g/mol. The van der Waals surface area contributed by atoms with E-state index in [2.05, 4.69) is 34.8 Å². The van der Waals surface area contributed by atoms with Gasteiger partial charge < -0.3 is 4.74 Å². The van der Waals surface area contributed by atoms with Gasteiger partial charge in [0, 0.05) is 22.9 Å². The first-order chi connectivity index (χ1) is 7.66. The first-order valence-corrected chi connectivity index (χ1v) is 5.92. The molecule has 0 radical (unpaired) electrons. The summed E-state index contributed by atoms with van der Waals surface area (Å²) >= 11 is 3.38. The standard InChI is InChI=1S/C12H13BrN2O/c1-9(2)15-8-7-14-12(15)16-11-5-3-10(13)4-6-11/h3-9H,1-2H3. The van der Waals surface area contributed by atoms with E-state index in [9.17, 15) is 0 Å². The quantitative estimate of drug-likeness (QED) is 0.849. The van der Waals surface area contributed by atoms with E-state index in [0.717, 1.165) is 10.2 Å². The Morgan fingerprint density at radius 1 is 1.25 bits per heavy atom. The molecule has 0 saturated carbocycles. The van der Waals surface area contributed by atoms with Crippen LogP contribution in [0.3, 0.4) is 0 Å². The van der Waals surface area contributed by atoms with Crippen LogP contribution in [-0.2, 0) is 0 Å². The van der Waals surface area contributed by atoms with Crippen LogP contribution in [-0.4, -0.2) is 9.55 Å². The molecule has 16 heavy (non-hydrogen) atoms. The Bertz CT molecular complexity index is 462. The Labute approximate surface area is 103 Å². The maximum Gasteiger partial charge on any atom is 0.302 e. The summed E-state index contributed by atoms with van der Waals surface area (Å²) in [4.78, 5) is 4.18. The summed E-state index contributed by atoms with van der Waals surface area (Å²) < 4.78 is 8.72. The smallest absolute Gasteiger partial charge is 0.302 e. The van der Waals surface area contributed by atoms with Gasteiger partial charge in [0.25, 0.3) is 0 Å². The summed E-state index contributed by atoms with van der Waals surface area (Å²) in [5.74, 6) is 0.788. The van der Waals surface area contributed by atoms with Gasteiger partial charge in [-0.15, -0.1) is 0 Å². The molecule has 0 spiro atoms. The number of imidazole rings is 1. The molecule has 84 valence electrons. The third-order valence-corrected chi connectivity index (χ3v) is 2.74. The molecule has 2 aromatic rings. The Kier molecular flexibility index (Phi) is 3.29. The Hall–Kier alpha value is -1.29. The van der Waals surface area contributed by atoms with Gasteiger partial charge in [0.2, 0.25) is 0 Å². The van der Waals surface area contributed by atoms with Crippen molar-refractivity contribution in [1.82, 2.24) is 9.55 Å². The molecule has 1 heterocycles. The SMILES string of the molecule is CC(C)n1ccnc1Oc1ccc(Br)cc1. The fourth-order valence-corrected chi connectivity index (χ4v) is 1.64. The van der Waals surface area contributed by atoms with E-state index in [-0.39, 0.29) is 0 Å². The van der Waals surface area contributed by atoms with Gasteiger partial charge >= 0.3 is 6.01 Å². The maximum absolute atomic E-state index is 5.70. The largest absolute Gasteiger partial charge is 0.426 e. The second kappa shape index (κ2) is 4.70. The summed E-state index contributed by atoms with van der Waals surface area (Å²) in [6, 6.07) is 8.66. The highest BCUT2D eigenvalue weighted by atomic mass is 79.9. The number of aromatic nitrogens is 2. The van der Waals surface area contributed by atoms with Crippen molar-refractivity contribution in [1.29, 1.82) is 0 Å². The van der Waals surface area contributed by atoms with Crippen molar-refractivity contribution >= 4 is 15.9 Å². The zero-order chi connectivity index (χ0) is 11.5. The molecule has 0 aliphatic rings. The third-order valence-electron chi connectivity index (χ3n) is 2.21. The highest BCUT2D eigenvalue weighted by Crippen LogP contribution is 2.23. The second-order valence-corrected chi connectivity index (χ2v) is 4.68. The first kappa shape index (κ1) is 11.2. The number of ether oxygens (including phenoxy) is 1. The highest BCUT2D eigenvalue weighted by Gasteiger charge is 2.07. The van der Waals surface area contributed by atoms with Crippen molar-refractivity contribution in [2.24, 2.45) is 0 Å². The monoisotopic (exact) mass is 280 g/mol. The summed E-state index contributed by atoms with van der Waals surface area (Å²) in [5.41, 5.74) is 0. The van der Waals surface area contributed by atoms with Crippen molar-refractivity contribution in [3.63, 3.8) is 0 Å². The summed E-state index contributed by atoms with van der Waals surface area (Å²) in [6.45, 7) is 4.19. The van der Waals surface area contributed by atoms with Crippen molar-refractivity contribution in [3.8, 4) is 11.8 Å². The summed E-state index contributed by atoms with van der Waals surface area (Å²) in [7, 11) is 0. The number of benzene rings is 1. The van der Waals surface area contributed by atoms with Crippen LogP contribution < -0.4 is 4.74 Å². The molecule has 1 aromatic heterocycles. The predicted molar refractivity (Wildman–Crippen MR) is 66.8 cm³/mol. The molecule has 3 nitrogen and oxygen atoms in total. The molecule has 0 aliphatic heterocycles. The van der Waals surface area contributed by atoms with Crippen LogP contribution in [0.5, 0.6) is 11.8 Å². The molecule has 2 rings (SSSR count). The van der Waals surface area contributed by atoms with Gasteiger partial charge in [-0.2, -0.15) is 0 Å². The molecule has 0 amide bonds. The lowest BCUT2D eigenvalue weighted by Gasteiger charge is -2.11. The first-order valence-electron chi connectivity index (χ1n) is 5.13. The second-order valence-electron chi connectivity index (χ2n) is 3.77. The maximum atomic E-state index is 5.70. The lowest BCUT2D eigenvalue weighted by molar-refractivity contribution is 0.395. The fourth-order valence-electron chi connectivity index (χ4n) is 1.38. The van der Waals surface area contributed by atoms with Gasteiger partial charge in [-0.1, -0.05) is 15.9 Å². The molecule has 0 atom stereocenters. The minimum Gasteiger partial charge on any atom is -0.426 e. The van der Waals surface area contributed by atoms with E-state index in [0.29, 0.717) is 12.1 Å². The zero-order valence-corrected chi connectivity index (χ0v) is 10.8. The Morgan fingerprint density at radius 2 is 1.94 bits per heavy atom. The van der Waals surface area contributed by atoms with Gasteiger partial charge in [0.15, 0.2) is 0 Å². The van der Waals surface area contributed by atoms with Crippen LogP contribution >= 0.6 is 15.9 Å². The van der Waals surface area contributed by atoms with Crippen molar-refractivity contribution in [2.45, 2.75) is 19.9 Å². The topological polar surface area (TPSA) is 27.1 Å². The van der Waals surface area contributed by atoms with Crippen LogP contribution in [0.15, 0.2) is 41.1 Å². The number of halogens is 1. The predicted octanol–water partition coefficient (Wildman–Crippen LogP) is 4.02. The van der Waals surface area contributed by atoms with Crippen LogP contribution in [0.2, 0.25) is 0 Å². The lowest BCUT2D eigenvalue weighted by Crippen LogP contribution is -2.01. The van der Waals surface area contributed by atoms with Crippen LogP contribution in [0, 0.1) is 0 Å². The third kappa shape index (κ3) is 2.44. The minimum atomic E-state index is 0.341. The normalized spacial score (nSPS) is 10.8. The van der Waals surface area contributed by atoms with Crippen molar-refractivity contribution in [3.05, 3.63) is 41.1 Å². The molecule has 0 aliphatic carbocycles.